The van der Waals surface area contributed by atoms with Gasteiger partial charge in [0.15, 0.2) is 0 Å². The molecule has 0 aliphatic heterocycles. The van der Waals surface area contributed by atoms with Crippen molar-refractivity contribution in [1.82, 2.24) is 14.8 Å². The maximum absolute atomic E-state index is 10.8. The van der Waals surface area contributed by atoms with Gasteiger partial charge in [0.05, 0.1) is 17.8 Å². The highest BCUT2D eigenvalue weighted by molar-refractivity contribution is 5.90. The van der Waals surface area contributed by atoms with Crippen molar-refractivity contribution < 1.29 is 9.90 Å². The molecule has 5 nitrogen and oxygen atoms in total. The first-order chi connectivity index (χ1) is 7.25. The Morgan fingerprint density at radius 3 is 2.93 bits per heavy atom. The van der Waals surface area contributed by atoms with Gasteiger partial charge in [0.1, 0.15) is 5.69 Å². The van der Waals surface area contributed by atoms with Gasteiger partial charge < -0.3 is 5.11 Å². The van der Waals surface area contributed by atoms with Gasteiger partial charge in [-0.3, -0.25) is 4.68 Å². The van der Waals surface area contributed by atoms with Gasteiger partial charge in [-0.15, -0.1) is 0 Å². The zero-order chi connectivity index (χ0) is 10.4. The molecule has 0 spiro atoms. The topological polar surface area (TPSA) is 68.0 Å². The van der Waals surface area contributed by atoms with Crippen molar-refractivity contribution in [2.45, 2.75) is 18.9 Å². The van der Waals surface area contributed by atoms with E-state index >= 15 is 0 Å². The molecule has 0 atom stereocenters. The predicted octanol–water partition coefficient (Wildman–Crippen LogP) is 1.46. The second-order valence-electron chi connectivity index (χ2n) is 3.75. The smallest absolute Gasteiger partial charge is 0.354 e. The summed E-state index contributed by atoms with van der Waals surface area (Å²) in [5.41, 5.74) is 0.940. The Morgan fingerprint density at radius 2 is 2.27 bits per heavy atom. The quantitative estimate of drug-likeness (QED) is 0.802. The highest BCUT2D eigenvalue weighted by atomic mass is 16.4. The molecular formula is C10H9N3O2. The largest absolute Gasteiger partial charge is 0.477 e. The summed E-state index contributed by atoms with van der Waals surface area (Å²) < 4.78 is 1.89. The Morgan fingerprint density at radius 1 is 1.47 bits per heavy atom. The summed E-state index contributed by atoms with van der Waals surface area (Å²) in [4.78, 5) is 14.6. The summed E-state index contributed by atoms with van der Waals surface area (Å²) in [6.07, 6.45) is 5.54. The zero-order valence-corrected chi connectivity index (χ0v) is 7.92. The summed E-state index contributed by atoms with van der Waals surface area (Å²) in [6.45, 7) is 0. The van der Waals surface area contributed by atoms with Gasteiger partial charge in [-0.2, -0.15) is 5.10 Å². The molecule has 0 saturated heterocycles. The van der Waals surface area contributed by atoms with Crippen molar-refractivity contribution in [3.05, 3.63) is 24.2 Å². The molecule has 0 radical (unpaired) electrons. The van der Waals surface area contributed by atoms with Crippen LogP contribution in [0, 0.1) is 0 Å². The van der Waals surface area contributed by atoms with Crippen LogP contribution in [0.25, 0.3) is 10.9 Å². The van der Waals surface area contributed by atoms with E-state index < -0.39 is 5.97 Å². The molecule has 5 heteroatoms. The number of nitrogens with zero attached hydrogens (tertiary/aromatic N) is 3. The number of rotatable bonds is 2. The second kappa shape index (κ2) is 2.79. The van der Waals surface area contributed by atoms with E-state index in [0.29, 0.717) is 6.04 Å². The van der Waals surface area contributed by atoms with E-state index in [9.17, 15) is 4.79 Å². The number of carbonyl (C=O) groups is 1. The molecule has 0 amide bonds. The molecule has 1 N–H and O–H groups in total. The van der Waals surface area contributed by atoms with Crippen molar-refractivity contribution in [3.8, 4) is 0 Å². The third-order valence-electron chi connectivity index (χ3n) is 2.59. The van der Waals surface area contributed by atoms with E-state index in [-0.39, 0.29) is 5.69 Å². The third kappa shape index (κ3) is 1.27. The lowest BCUT2D eigenvalue weighted by Crippen LogP contribution is -2.01. The number of carboxylic acid groups (broad SMARTS) is 1. The van der Waals surface area contributed by atoms with Crippen molar-refractivity contribution in [2.24, 2.45) is 0 Å². The summed E-state index contributed by atoms with van der Waals surface area (Å²) in [7, 11) is 0. The minimum Gasteiger partial charge on any atom is -0.477 e. The zero-order valence-electron chi connectivity index (χ0n) is 7.92. The molecule has 15 heavy (non-hydrogen) atoms. The van der Waals surface area contributed by atoms with Crippen LogP contribution < -0.4 is 0 Å². The minimum absolute atomic E-state index is 0.0740. The molecule has 1 saturated carbocycles. The van der Waals surface area contributed by atoms with Gasteiger partial charge in [-0.05, 0) is 18.9 Å². The fraction of sp³-hybridized carbons (Fsp3) is 0.300. The predicted molar refractivity (Wildman–Crippen MR) is 52.8 cm³/mol. The monoisotopic (exact) mass is 203 g/mol. The molecule has 2 aromatic rings. The lowest BCUT2D eigenvalue weighted by Gasteiger charge is -2.00. The van der Waals surface area contributed by atoms with Crippen LogP contribution in [-0.2, 0) is 0 Å². The van der Waals surface area contributed by atoms with Crippen LogP contribution in [0.3, 0.4) is 0 Å². The minimum atomic E-state index is -1.000. The van der Waals surface area contributed by atoms with Crippen LogP contribution >= 0.6 is 0 Å². The molecule has 1 aliphatic carbocycles. The molecule has 2 aromatic heterocycles. The Bertz CT molecular complexity index is 543. The molecule has 3 rings (SSSR count). The number of fused-ring (bicyclic) bond motifs is 1. The van der Waals surface area contributed by atoms with E-state index in [1.807, 2.05) is 4.68 Å². The average Bonchev–Trinajstić information content (AvgIpc) is 2.98. The van der Waals surface area contributed by atoms with Crippen LogP contribution in [0.2, 0.25) is 0 Å². The summed E-state index contributed by atoms with van der Waals surface area (Å²) in [5.74, 6) is -1.000. The molecule has 0 unspecified atom stereocenters. The van der Waals surface area contributed by atoms with E-state index in [4.69, 9.17) is 5.11 Å². The number of hydrogen-bond acceptors (Lipinski definition) is 3. The third-order valence-corrected chi connectivity index (χ3v) is 2.59. The molecule has 0 aromatic carbocycles. The number of carboxylic acids is 1. The normalized spacial score (nSPS) is 15.7. The summed E-state index contributed by atoms with van der Waals surface area (Å²) in [6, 6.07) is 2.04. The van der Waals surface area contributed by atoms with E-state index in [1.54, 1.807) is 18.5 Å². The van der Waals surface area contributed by atoms with Crippen LogP contribution in [0.4, 0.5) is 0 Å². The molecule has 0 bridgehead atoms. The van der Waals surface area contributed by atoms with E-state index in [2.05, 4.69) is 10.1 Å². The SMILES string of the molecule is O=C(O)c1cc2c(cn1)cnn2C1CC1. The van der Waals surface area contributed by atoms with E-state index in [0.717, 1.165) is 23.7 Å². The standard InChI is InChI=1S/C10H9N3O2/c14-10(15)8-3-9-6(4-11-8)5-12-13(9)7-1-2-7/h3-5,7H,1-2H2,(H,14,15). The Kier molecular flexibility index (Phi) is 1.56. The first kappa shape index (κ1) is 8.40. The Hall–Kier alpha value is -1.91. The summed E-state index contributed by atoms with van der Waals surface area (Å²) >= 11 is 0. The van der Waals surface area contributed by atoms with Gasteiger partial charge >= 0.3 is 5.97 Å². The van der Waals surface area contributed by atoms with Crippen LogP contribution in [-0.4, -0.2) is 25.8 Å². The number of aromatic nitrogens is 3. The lowest BCUT2D eigenvalue weighted by molar-refractivity contribution is 0.0690. The molecule has 1 aliphatic rings. The maximum Gasteiger partial charge on any atom is 0.354 e. The van der Waals surface area contributed by atoms with Gasteiger partial charge in [-0.25, -0.2) is 9.78 Å². The molecular weight excluding hydrogens is 194 g/mol. The van der Waals surface area contributed by atoms with E-state index in [1.165, 1.54) is 0 Å². The van der Waals surface area contributed by atoms with Crippen molar-refractivity contribution in [3.63, 3.8) is 0 Å². The number of hydrogen-bond donors (Lipinski definition) is 1. The fourth-order valence-electron chi connectivity index (χ4n) is 1.67. The Balaban J connectivity index is 2.21. The molecule has 2 heterocycles. The highest BCUT2D eigenvalue weighted by Crippen LogP contribution is 2.36. The molecule has 76 valence electrons. The first-order valence-corrected chi connectivity index (χ1v) is 4.82. The highest BCUT2D eigenvalue weighted by Gasteiger charge is 2.26. The van der Waals surface area contributed by atoms with Crippen LogP contribution in [0.5, 0.6) is 0 Å². The maximum atomic E-state index is 10.8. The number of aromatic carboxylic acids is 1. The fourth-order valence-corrected chi connectivity index (χ4v) is 1.67. The molecule has 1 fully saturated rings. The lowest BCUT2D eigenvalue weighted by atomic mass is 10.3. The first-order valence-electron chi connectivity index (χ1n) is 4.82. The van der Waals surface area contributed by atoms with Gasteiger partial charge in [-0.1, -0.05) is 0 Å². The van der Waals surface area contributed by atoms with Crippen molar-refractivity contribution in [2.75, 3.05) is 0 Å². The second-order valence-corrected chi connectivity index (χ2v) is 3.75. The van der Waals surface area contributed by atoms with Gasteiger partial charge in [0, 0.05) is 11.6 Å². The number of pyridine rings is 1. The Labute approximate surface area is 85.3 Å². The van der Waals surface area contributed by atoms with Gasteiger partial charge in [0.25, 0.3) is 0 Å². The average molecular weight is 203 g/mol. The van der Waals surface area contributed by atoms with Crippen LogP contribution in [0.1, 0.15) is 29.4 Å². The van der Waals surface area contributed by atoms with Crippen molar-refractivity contribution >= 4 is 16.9 Å². The van der Waals surface area contributed by atoms with Crippen LogP contribution in [0.15, 0.2) is 18.5 Å². The van der Waals surface area contributed by atoms with Crippen molar-refractivity contribution in [1.29, 1.82) is 0 Å². The summed E-state index contributed by atoms with van der Waals surface area (Å²) in [5, 5.41) is 14.0. The van der Waals surface area contributed by atoms with Gasteiger partial charge in [0.2, 0.25) is 0 Å².